The van der Waals surface area contributed by atoms with Gasteiger partial charge in [0.2, 0.25) is 0 Å². The lowest BCUT2D eigenvalue weighted by Crippen LogP contribution is -2.20. The van der Waals surface area contributed by atoms with Crippen LogP contribution < -0.4 is 11.1 Å². The van der Waals surface area contributed by atoms with Crippen molar-refractivity contribution >= 4 is 28.8 Å². The van der Waals surface area contributed by atoms with Crippen LogP contribution in [0.3, 0.4) is 0 Å². The van der Waals surface area contributed by atoms with Gasteiger partial charge in [-0.25, -0.2) is 0 Å². The third-order valence-corrected chi connectivity index (χ3v) is 3.99. The van der Waals surface area contributed by atoms with Crippen molar-refractivity contribution in [1.29, 1.82) is 0 Å². The molecule has 0 saturated carbocycles. The van der Waals surface area contributed by atoms with E-state index in [0.717, 1.165) is 39.7 Å². The summed E-state index contributed by atoms with van der Waals surface area (Å²) >= 11 is 1.12. The standard InChI is InChI=1S/C15H20N4OS/c1-8-7-11(9(2)6-10(8)16)17-14(20)12-13(15(3,4)5)18-19-21-12/h6-7H,16H2,1-5H3,(H,17,20). The second-order valence-electron chi connectivity index (χ2n) is 6.18. The predicted molar refractivity (Wildman–Crippen MR) is 86.9 cm³/mol. The maximum absolute atomic E-state index is 12.5. The molecule has 0 spiro atoms. The molecule has 0 aliphatic carbocycles. The molecule has 1 aromatic heterocycles. The van der Waals surface area contributed by atoms with Gasteiger partial charge in [0, 0.05) is 16.8 Å². The van der Waals surface area contributed by atoms with Crippen molar-refractivity contribution in [1.82, 2.24) is 9.59 Å². The minimum Gasteiger partial charge on any atom is -0.399 e. The number of aryl methyl sites for hydroxylation is 2. The number of hydrogen-bond acceptors (Lipinski definition) is 5. The van der Waals surface area contributed by atoms with E-state index in [-0.39, 0.29) is 11.3 Å². The number of aromatic nitrogens is 2. The average molecular weight is 304 g/mol. The summed E-state index contributed by atoms with van der Waals surface area (Å²) in [5.74, 6) is -0.179. The summed E-state index contributed by atoms with van der Waals surface area (Å²) in [6, 6.07) is 3.74. The Kier molecular flexibility index (Phi) is 4.00. The molecule has 5 nitrogen and oxygen atoms in total. The highest BCUT2D eigenvalue weighted by Crippen LogP contribution is 2.28. The summed E-state index contributed by atoms with van der Waals surface area (Å²) in [4.78, 5) is 13.0. The Morgan fingerprint density at radius 2 is 1.90 bits per heavy atom. The molecule has 0 bridgehead atoms. The van der Waals surface area contributed by atoms with Gasteiger partial charge >= 0.3 is 0 Å². The fourth-order valence-corrected chi connectivity index (χ4v) is 2.75. The lowest BCUT2D eigenvalue weighted by atomic mass is 9.91. The Balaban J connectivity index is 2.31. The third-order valence-electron chi connectivity index (χ3n) is 3.27. The van der Waals surface area contributed by atoms with Gasteiger partial charge in [0.05, 0.1) is 5.69 Å². The number of carbonyl (C=O) groups is 1. The van der Waals surface area contributed by atoms with E-state index in [1.165, 1.54) is 0 Å². The van der Waals surface area contributed by atoms with Gasteiger partial charge in [-0.15, -0.1) is 5.10 Å². The molecule has 1 aromatic carbocycles. The van der Waals surface area contributed by atoms with Crippen LogP contribution in [0.4, 0.5) is 11.4 Å². The van der Waals surface area contributed by atoms with E-state index >= 15 is 0 Å². The number of hydrogen-bond donors (Lipinski definition) is 2. The average Bonchev–Trinajstić information content (AvgIpc) is 2.85. The number of anilines is 2. The smallest absolute Gasteiger partial charge is 0.269 e. The molecule has 0 aliphatic rings. The van der Waals surface area contributed by atoms with Crippen molar-refractivity contribution in [2.75, 3.05) is 11.1 Å². The number of nitrogens with two attached hydrogens (primary N) is 1. The largest absolute Gasteiger partial charge is 0.399 e. The monoisotopic (exact) mass is 304 g/mol. The highest BCUT2D eigenvalue weighted by Gasteiger charge is 2.26. The number of nitrogens with one attached hydrogen (secondary N) is 1. The molecular weight excluding hydrogens is 284 g/mol. The Bertz CT molecular complexity index is 685. The first-order valence-corrected chi connectivity index (χ1v) is 7.48. The summed E-state index contributed by atoms with van der Waals surface area (Å²) in [7, 11) is 0. The van der Waals surface area contributed by atoms with E-state index in [2.05, 4.69) is 14.9 Å². The van der Waals surface area contributed by atoms with E-state index in [1.807, 2.05) is 46.8 Å². The van der Waals surface area contributed by atoms with Crippen LogP contribution in [-0.2, 0) is 5.41 Å². The summed E-state index contributed by atoms with van der Waals surface area (Å²) in [6.07, 6.45) is 0. The molecule has 0 unspecified atom stereocenters. The molecule has 1 amide bonds. The number of benzene rings is 1. The highest BCUT2D eigenvalue weighted by molar-refractivity contribution is 7.08. The van der Waals surface area contributed by atoms with Crippen LogP contribution in [0.2, 0.25) is 0 Å². The lowest BCUT2D eigenvalue weighted by molar-refractivity contribution is 0.102. The Hall–Kier alpha value is -1.95. The number of rotatable bonds is 2. The maximum Gasteiger partial charge on any atom is 0.269 e. The van der Waals surface area contributed by atoms with Crippen LogP contribution in [0.5, 0.6) is 0 Å². The van der Waals surface area contributed by atoms with Crippen molar-refractivity contribution in [2.45, 2.75) is 40.0 Å². The van der Waals surface area contributed by atoms with Gasteiger partial charge in [-0.1, -0.05) is 25.3 Å². The number of carbonyl (C=O) groups excluding carboxylic acids is 1. The van der Waals surface area contributed by atoms with Crippen LogP contribution in [-0.4, -0.2) is 15.5 Å². The molecule has 3 N–H and O–H groups in total. The minimum atomic E-state index is -0.217. The number of amides is 1. The van der Waals surface area contributed by atoms with Gasteiger partial charge in [0.1, 0.15) is 4.88 Å². The number of nitrogen functional groups attached to an aromatic ring is 1. The van der Waals surface area contributed by atoms with Gasteiger partial charge in [0.15, 0.2) is 0 Å². The molecule has 112 valence electrons. The number of nitrogens with zero attached hydrogens (tertiary/aromatic N) is 2. The van der Waals surface area contributed by atoms with Crippen LogP contribution in [0, 0.1) is 13.8 Å². The van der Waals surface area contributed by atoms with Crippen LogP contribution in [0.1, 0.15) is 47.3 Å². The van der Waals surface area contributed by atoms with E-state index in [0.29, 0.717) is 4.88 Å². The summed E-state index contributed by atoms with van der Waals surface area (Å²) in [5, 5.41) is 7.02. The first-order valence-electron chi connectivity index (χ1n) is 6.71. The molecular formula is C15H20N4OS. The third kappa shape index (κ3) is 3.21. The van der Waals surface area contributed by atoms with Crippen LogP contribution in [0.15, 0.2) is 12.1 Å². The van der Waals surface area contributed by atoms with Crippen LogP contribution >= 0.6 is 11.5 Å². The normalized spacial score (nSPS) is 11.5. The first-order chi connectivity index (χ1) is 9.70. The van der Waals surface area contributed by atoms with Crippen molar-refractivity contribution in [3.63, 3.8) is 0 Å². The van der Waals surface area contributed by atoms with Gasteiger partial charge in [0.25, 0.3) is 5.91 Å². The molecule has 2 aromatic rings. The molecule has 1 heterocycles. The fraction of sp³-hybridized carbons (Fsp3) is 0.400. The zero-order valence-electron chi connectivity index (χ0n) is 12.9. The first kappa shape index (κ1) is 15.4. The Morgan fingerprint density at radius 1 is 1.24 bits per heavy atom. The Labute approximate surface area is 128 Å². The van der Waals surface area contributed by atoms with Crippen molar-refractivity contribution in [2.24, 2.45) is 0 Å². The molecule has 0 fully saturated rings. The molecule has 0 aliphatic heterocycles. The van der Waals surface area contributed by atoms with Crippen molar-refractivity contribution in [3.8, 4) is 0 Å². The van der Waals surface area contributed by atoms with Gasteiger partial charge < -0.3 is 11.1 Å². The SMILES string of the molecule is Cc1cc(NC(=O)c2snnc2C(C)(C)C)c(C)cc1N. The van der Waals surface area contributed by atoms with E-state index in [9.17, 15) is 4.79 Å². The molecule has 0 atom stereocenters. The summed E-state index contributed by atoms with van der Waals surface area (Å²) < 4.78 is 3.92. The molecule has 6 heteroatoms. The molecule has 0 saturated heterocycles. The van der Waals surface area contributed by atoms with Gasteiger partial charge in [-0.05, 0) is 48.6 Å². The quantitative estimate of drug-likeness (QED) is 0.834. The van der Waals surface area contributed by atoms with Gasteiger partial charge in [-0.3, -0.25) is 4.79 Å². The zero-order chi connectivity index (χ0) is 15.8. The summed E-state index contributed by atoms with van der Waals surface area (Å²) in [5.41, 5.74) is 9.72. The van der Waals surface area contributed by atoms with Gasteiger partial charge in [-0.2, -0.15) is 0 Å². The molecule has 2 rings (SSSR count). The minimum absolute atomic E-state index is 0.179. The summed E-state index contributed by atoms with van der Waals surface area (Å²) in [6.45, 7) is 9.87. The highest BCUT2D eigenvalue weighted by atomic mass is 32.1. The maximum atomic E-state index is 12.5. The van der Waals surface area contributed by atoms with Crippen molar-refractivity contribution < 1.29 is 4.79 Å². The van der Waals surface area contributed by atoms with E-state index in [1.54, 1.807) is 0 Å². The van der Waals surface area contributed by atoms with Crippen molar-refractivity contribution in [3.05, 3.63) is 33.8 Å². The van der Waals surface area contributed by atoms with Crippen LogP contribution in [0.25, 0.3) is 0 Å². The second-order valence-corrected chi connectivity index (χ2v) is 6.93. The predicted octanol–water partition coefficient (Wildman–Crippen LogP) is 3.29. The Morgan fingerprint density at radius 3 is 2.52 bits per heavy atom. The molecule has 0 radical (unpaired) electrons. The second kappa shape index (κ2) is 5.44. The van der Waals surface area contributed by atoms with E-state index < -0.39 is 0 Å². The zero-order valence-corrected chi connectivity index (χ0v) is 13.8. The lowest BCUT2D eigenvalue weighted by Gasteiger charge is -2.16. The molecule has 21 heavy (non-hydrogen) atoms. The topological polar surface area (TPSA) is 80.9 Å². The van der Waals surface area contributed by atoms with E-state index in [4.69, 9.17) is 5.73 Å². The fourth-order valence-electron chi connectivity index (χ4n) is 1.98.